The van der Waals surface area contributed by atoms with Gasteiger partial charge < -0.3 is 9.88 Å². The van der Waals surface area contributed by atoms with Crippen LogP contribution in [0, 0.1) is 10.1 Å². The Bertz CT molecular complexity index is 612. The van der Waals surface area contributed by atoms with E-state index in [-0.39, 0.29) is 5.69 Å². The number of halogens is 1. The predicted molar refractivity (Wildman–Crippen MR) is 79.5 cm³/mol. The van der Waals surface area contributed by atoms with Gasteiger partial charge in [-0.05, 0) is 18.2 Å². The van der Waals surface area contributed by atoms with Crippen molar-refractivity contribution in [3.05, 3.63) is 56.6 Å². The van der Waals surface area contributed by atoms with Gasteiger partial charge in [-0.2, -0.15) is 0 Å². The van der Waals surface area contributed by atoms with Crippen LogP contribution in [0.5, 0.6) is 0 Å². The molecule has 6 nitrogen and oxygen atoms in total. The molecule has 106 valence electrons. The highest BCUT2D eigenvalue weighted by Crippen LogP contribution is 2.23. The number of hydrogen-bond donors (Lipinski definition) is 1. The van der Waals surface area contributed by atoms with Gasteiger partial charge in [-0.25, -0.2) is 4.98 Å². The highest BCUT2D eigenvalue weighted by atomic mass is 79.9. The number of aromatic nitrogens is 2. The summed E-state index contributed by atoms with van der Waals surface area (Å²) in [6, 6.07) is 4.79. The van der Waals surface area contributed by atoms with Crippen LogP contribution in [-0.4, -0.2) is 21.0 Å². The Morgan fingerprint density at radius 1 is 1.50 bits per heavy atom. The van der Waals surface area contributed by atoms with Crippen molar-refractivity contribution in [3.8, 4) is 0 Å². The molecule has 1 N–H and O–H groups in total. The third kappa shape index (κ3) is 3.64. The largest absolute Gasteiger partial charge is 0.333 e. The molecule has 0 fully saturated rings. The number of nitrogens with one attached hydrogen (secondary N) is 1. The normalized spacial score (nSPS) is 10.7. The Hall–Kier alpha value is -1.73. The first-order valence-electron chi connectivity index (χ1n) is 6.24. The van der Waals surface area contributed by atoms with Gasteiger partial charge >= 0.3 is 0 Å². The van der Waals surface area contributed by atoms with Crippen molar-refractivity contribution >= 4 is 21.6 Å². The molecule has 1 aromatic carbocycles. The lowest BCUT2D eigenvalue weighted by atomic mass is 10.2. The summed E-state index contributed by atoms with van der Waals surface area (Å²) >= 11 is 3.37. The molecule has 0 amide bonds. The van der Waals surface area contributed by atoms with E-state index in [0.29, 0.717) is 6.54 Å². The molecule has 0 aliphatic carbocycles. The summed E-state index contributed by atoms with van der Waals surface area (Å²) < 4.78 is 2.69. The number of nitrogens with zero attached hydrogens (tertiary/aromatic N) is 3. The molecule has 0 bridgehead atoms. The third-order valence-corrected chi connectivity index (χ3v) is 3.58. The second kappa shape index (κ2) is 6.62. The first-order chi connectivity index (χ1) is 9.60. The topological polar surface area (TPSA) is 73.0 Å². The van der Waals surface area contributed by atoms with Gasteiger partial charge in [0.1, 0.15) is 0 Å². The van der Waals surface area contributed by atoms with Gasteiger partial charge in [-0.15, -0.1) is 0 Å². The highest BCUT2D eigenvalue weighted by Gasteiger charge is 2.09. The standard InChI is InChI=1S/C13H15BrN4O2/c1-2-15-6-11-8-17(9-16-11)7-10-3-4-12(18(19)20)5-13(10)14/h3-5,8-9,15H,2,6-7H2,1H3. The first kappa shape index (κ1) is 14.7. The molecule has 0 aliphatic rings. The molecule has 1 aromatic heterocycles. The number of benzene rings is 1. The van der Waals surface area contributed by atoms with E-state index in [1.54, 1.807) is 12.4 Å². The summed E-state index contributed by atoms with van der Waals surface area (Å²) in [7, 11) is 0. The van der Waals surface area contributed by atoms with E-state index in [2.05, 4.69) is 26.2 Å². The quantitative estimate of drug-likeness (QED) is 0.649. The summed E-state index contributed by atoms with van der Waals surface area (Å²) in [5.41, 5.74) is 2.03. The monoisotopic (exact) mass is 338 g/mol. The molecule has 2 aromatic rings. The van der Waals surface area contributed by atoms with Crippen LogP contribution in [-0.2, 0) is 13.1 Å². The lowest BCUT2D eigenvalue weighted by molar-refractivity contribution is -0.384. The molecule has 0 saturated carbocycles. The number of rotatable bonds is 6. The van der Waals surface area contributed by atoms with Crippen molar-refractivity contribution in [2.75, 3.05) is 6.54 Å². The van der Waals surface area contributed by atoms with Crippen LogP contribution in [0.4, 0.5) is 5.69 Å². The molecular formula is C13H15BrN4O2. The van der Waals surface area contributed by atoms with E-state index in [1.807, 2.05) is 17.7 Å². The minimum absolute atomic E-state index is 0.0825. The Morgan fingerprint density at radius 3 is 2.95 bits per heavy atom. The van der Waals surface area contributed by atoms with Gasteiger partial charge in [-0.1, -0.05) is 22.9 Å². The molecule has 0 aliphatic heterocycles. The molecule has 0 spiro atoms. The first-order valence-corrected chi connectivity index (χ1v) is 7.03. The minimum Gasteiger partial charge on any atom is -0.333 e. The van der Waals surface area contributed by atoms with Crippen molar-refractivity contribution in [2.45, 2.75) is 20.0 Å². The second-order valence-electron chi connectivity index (χ2n) is 4.35. The Kier molecular flexibility index (Phi) is 4.86. The van der Waals surface area contributed by atoms with E-state index >= 15 is 0 Å². The zero-order valence-electron chi connectivity index (χ0n) is 11.0. The van der Waals surface area contributed by atoms with E-state index in [4.69, 9.17) is 0 Å². The molecule has 20 heavy (non-hydrogen) atoms. The molecule has 0 unspecified atom stereocenters. The van der Waals surface area contributed by atoms with E-state index in [0.717, 1.165) is 28.8 Å². The number of nitro groups is 1. The van der Waals surface area contributed by atoms with Gasteiger partial charge in [0, 0.05) is 35.9 Å². The summed E-state index contributed by atoms with van der Waals surface area (Å²) in [6.07, 6.45) is 3.73. The van der Waals surface area contributed by atoms with E-state index in [1.165, 1.54) is 12.1 Å². The van der Waals surface area contributed by atoms with Crippen molar-refractivity contribution < 1.29 is 4.92 Å². The Labute approximate surface area is 125 Å². The molecule has 0 atom stereocenters. The van der Waals surface area contributed by atoms with E-state index in [9.17, 15) is 10.1 Å². The summed E-state index contributed by atoms with van der Waals surface area (Å²) in [5, 5.41) is 13.9. The fraction of sp³-hybridized carbons (Fsp3) is 0.308. The molecule has 0 radical (unpaired) electrons. The average Bonchev–Trinajstić information content (AvgIpc) is 2.86. The fourth-order valence-electron chi connectivity index (χ4n) is 1.81. The van der Waals surface area contributed by atoms with Crippen molar-refractivity contribution in [2.24, 2.45) is 0 Å². The van der Waals surface area contributed by atoms with Gasteiger partial charge in [0.05, 0.1) is 16.9 Å². The van der Waals surface area contributed by atoms with Gasteiger partial charge in [0.2, 0.25) is 0 Å². The Morgan fingerprint density at radius 2 is 2.30 bits per heavy atom. The maximum atomic E-state index is 10.7. The smallest absolute Gasteiger partial charge is 0.270 e. The SMILES string of the molecule is CCNCc1cn(Cc2ccc([N+](=O)[O-])cc2Br)cn1. The van der Waals surface area contributed by atoms with Crippen LogP contribution < -0.4 is 5.32 Å². The number of imidazole rings is 1. The maximum Gasteiger partial charge on any atom is 0.270 e. The zero-order chi connectivity index (χ0) is 14.5. The van der Waals surface area contributed by atoms with Gasteiger partial charge in [0.15, 0.2) is 0 Å². The molecule has 1 heterocycles. The molecule has 0 saturated heterocycles. The zero-order valence-corrected chi connectivity index (χ0v) is 12.6. The lowest BCUT2D eigenvalue weighted by Gasteiger charge is -2.05. The minimum atomic E-state index is -0.403. The van der Waals surface area contributed by atoms with Crippen LogP contribution in [0.25, 0.3) is 0 Å². The highest BCUT2D eigenvalue weighted by molar-refractivity contribution is 9.10. The van der Waals surface area contributed by atoms with Gasteiger partial charge in [0.25, 0.3) is 5.69 Å². The number of non-ortho nitro benzene ring substituents is 1. The fourth-order valence-corrected chi connectivity index (χ4v) is 2.30. The van der Waals surface area contributed by atoms with Crippen molar-refractivity contribution in [1.82, 2.24) is 14.9 Å². The summed E-state index contributed by atoms with van der Waals surface area (Å²) in [6.45, 7) is 4.31. The predicted octanol–water partition coefficient (Wildman–Crippen LogP) is 2.71. The molecule has 7 heteroatoms. The van der Waals surface area contributed by atoms with Crippen LogP contribution in [0.2, 0.25) is 0 Å². The van der Waals surface area contributed by atoms with Crippen LogP contribution in [0.3, 0.4) is 0 Å². The van der Waals surface area contributed by atoms with Crippen molar-refractivity contribution in [1.29, 1.82) is 0 Å². The van der Waals surface area contributed by atoms with Crippen molar-refractivity contribution in [3.63, 3.8) is 0 Å². The average molecular weight is 339 g/mol. The molecular weight excluding hydrogens is 324 g/mol. The maximum absolute atomic E-state index is 10.7. The van der Waals surface area contributed by atoms with Crippen LogP contribution >= 0.6 is 15.9 Å². The van der Waals surface area contributed by atoms with Crippen LogP contribution in [0.15, 0.2) is 35.2 Å². The number of hydrogen-bond acceptors (Lipinski definition) is 4. The summed E-state index contributed by atoms with van der Waals surface area (Å²) in [4.78, 5) is 14.6. The Balaban J connectivity index is 2.09. The summed E-state index contributed by atoms with van der Waals surface area (Å²) in [5.74, 6) is 0. The van der Waals surface area contributed by atoms with E-state index < -0.39 is 4.92 Å². The molecule has 2 rings (SSSR count). The second-order valence-corrected chi connectivity index (χ2v) is 5.20. The number of nitro benzene ring substituents is 1. The lowest BCUT2D eigenvalue weighted by Crippen LogP contribution is -2.11. The van der Waals surface area contributed by atoms with Gasteiger partial charge in [-0.3, -0.25) is 10.1 Å². The van der Waals surface area contributed by atoms with Crippen LogP contribution in [0.1, 0.15) is 18.2 Å². The third-order valence-electron chi connectivity index (χ3n) is 2.84.